The van der Waals surface area contributed by atoms with Gasteiger partial charge in [-0.3, -0.25) is 4.90 Å². The fourth-order valence-corrected chi connectivity index (χ4v) is 2.82. The summed E-state index contributed by atoms with van der Waals surface area (Å²) in [4.78, 5) is 12.0. The standard InChI is InChI=1S/C12H16ClN3OS/c1-16(5-3-6-17-2)8-10-14-11(13)9-4-7-18-12(9)15-10/h4,7H,3,5-6,8H2,1-2H3. The van der Waals surface area contributed by atoms with E-state index >= 15 is 0 Å². The Morgan fingerprint density at radius 3 is 3.06 bits per heavy atom. The smallest absolute Gasteiger partial charge is 0.145 e. The summed E-state index contributed by atoms with van der Waals surface area (Å²) in [5.74, 6) is 0.773. The van der Waals surface area contributed by atoms with Crippen molar-refractivity contribution in [3.05, 3.63) is 22.4 Å². The molecule has 0 atom stereocenters. The first-order valence-corrected chi connectivity index (χ1v) is 7.03. The summed E-state index contributed by atoms with van der Waals surface area (Å²) in [6.07, 6.45) is 1.00. The van der Waals surface area contributed by atoms with E-state index < -0.39 is 0 Å². The van der Waals surface area contributed by atoms with Crippen LogP contribution in [0.2, 0.25) is 5.15 Å². The van der Waals surface area contributed by atoms with Gasteiger partial charge in [-0.15, -0.1) is 11.3 Å². The lowest BCUT2D eigenvalue weighted by molar-refractivity contribution is 0.177. The molecule has 0 spiro atoms. The molecular formula is C12H16ClN3OS. The predicted octanol–water partition coefficient (Wildman–Crippen LogP) is 2.81. The maximum atomic E-state index is 6.13. The number of aromatic nitrogens is 2. The van der Waals surface area contributed by atoms with Crippen molar-refractivity contribution in [2.45, 2.75) is 13.0 Å². The van der Waals surface area contributed by atoms with Crippen LogP contribution in [0, 0.1) is 0 Å². The number of hydrogen-bond donors (Lipinski definition) is 0. The van der Waals surface area contributed by atoms with Crippen molar-refractivity contribution in [3.63, 3.8) is 0 Å². The predicted molar refractivity (Wildman–Crippen MR) is 75.3 cm³/mol. The third-order valence-electron chi connectivity index (χ3n) is 2.62. The molecule has 0 aliphatic heterocycles. The van der Waals surface area contributed by atoms with E-state index in [0.717, 1.165) is 35.6 Å². The van der Waals surface area contributed by atoms with Crippen LogP contribution in [0.25, 0.3) is 10.2 Å². The second kappa shape index (κ2) is 6.43. The number of hydrogen-bond acceptors (Lipinski definition) is 5. The zero-order valence-corrected chi connectivity index (χ0v) is 12.1. The SMILES string of the molecule is COCCCN(C)Cc1nc(Cl)c2ccsc2n1. The van der Waals surface area contributed by atoms with Crippen molar-refractivity contribution in [1.82, 2.24) is 14.9 Å². The molecule has 2 aromatic heterocycles. The summed E-state index contributed by atoms with van der Waals surface area (Å²) >= 11 is 7.72. The van der Waals surface area contributed by atoms with Crippen LogP contribution in [0.4, 0.5) is 0 Å². The number of thiophene rings is 1. The van der Waals surface area contributed by atoms with Crippen LogP contribution in [-0.4, -0.2) is 42.2 Å². The van der Waals surface area contributed by atoms with Crippen molar-refractivity contribution < 1.29 is 4.74 Å². The molecule has 98 valence electrons. The number of halogens is 1. The average molecular weight is 286 g/mol. The van der Waals surface area contributed by atoms with Gasteiger partial charge in [0.1, 0.15) is 15.8 Å². The minimum atomic E-state index is 0.543. The number of nitrogens with zero attached hydrogens (tertiary/aromatic N) is 3. The van der Waals surface area contributed by atoms with Crippen molar-refractivity contribution in [3.8, 4) is 0 Å². The molecule has 0 saturated carbocycles. The topological polar surface area (TPSA) is 38.2 Å². The van der Waals surface area contributed by atoms with E-state index in [0.29, 0.717) is 11.7 Å². The Morgan fingerprint density at radius 2 is 2.28 bits per heavy atom. The Kier molecular flexibility index (Phi) is 4.88. The van der Waals surface area contributed by atoms with Crippen LogP contribution < -0.4 is 0 Å². The third kappa shape index (κ3) is 3.38. The molecule has 0 aliphatic carbocycles. The van der Waals surface area contributed by atoms with Crippen LogP contribution in [-0.2, 0) is 11.3 Å². The van der Waals surface area contributed by atoms with E-state index in [9.17, 15) is 0 Å². The molecule has 0 amide bonds. The highest BCUT2D eigenvalue weighted by atomic mass is 35.5. The van der Waals surface area contributed by atoms with Gasteiger partial charge in [0.15, 0.2) is 0 Å². The molecule has 18 heavy (non-hydrogen) atoms. The van der Waals surface area contributed by atoms with Gasteiger partial charge in [0, 0.05) is 25.6 Å². The van der Waals surface area contributed by atoms with Crippen LogP contribution in [0.3, 0.4) is 0 Å². The van der Waals surface area contributed by atoms with E-state index in [1.54, 1.807) is 18.4 Å². The number of rotatable bonds is 6. The van der Waals surface area contributed by atoms with Gasteiger partial charge in [0.05, 0.1) is 6.54 Å². The maximum absolute atomic E-state index is 6.13. The van der Waals surface area contributed by atoms with Crippen molar-refractivity contribution in [2.24, 2.45) is 0 Å². The Balaban J connectivity index is 2.02. The highest BCUT2D eigenvalue weighted by molar-refractivity contribution is 7.16. The van der Waals surface area contributed by atoms with Gasteiger partial charge < -0.3 is 4.74 Å². The third-order valence-corrected chi connectivity index (χ3v) is 3.72. The van der Waals surface area contributed by atoms with E-state index in [1.165, 1.54) is 0 Å². The summed E-state index contributed by atoms with van der Waals surface area (Å²) in [6, 6.07) is 1.95. The first kappa shape index (κ1) is 13.7. The minimum Gasteiger partial charge on any atom is -0.385 e. The summed E-state index contributed by atoms with van der Waals surface area (Å²) in [5.41, 5.74) is 0. The monoisotopic (exact) mass is 285 g/mol. The van der Waals surface area contributed by atoms with Crippen LogP contribution in [0.1, 0.15) is 12.2 Å². The van der Waals surface area contributed by atoms with Crippen molar-refractivity contribution in [2.75, 3.05) is 27.3 Å². The lowest BCUT2D eigenvalue weighted by atomic mass is 10.4. The summed E-state index contributed by atoms with van der Waals surface area (Å²) in [7, 11) is 3.76. The summed E-state index contributed by atoms with van der Waals surface area (Å²) in [5, 5.41) is 3.46. The largest absolute Gasteiger partial charge is 0.385 e. The molecule has 0 bridgehead atoms. The van der Waals surface area contributed by atoms with Crippen molar-refractivity contribution >= 4 is 33.2 Å². The normalized spacial score (nSPS) is 11.6. The van der Waals surface area contributed by atoms with E-state index in [-0.39, 0.29) is 0 Å². The molecule has 6 heteroatoms. The molecule has 0 fully saturated rings. The molecule has 0 aromatic carbocycles. The van der Waals surface area contributed by atoms with Gasteiger partial charge in [-0.2, -0.15) is 0 Å². The highest BCUT2D eigenvalue weighted by Gasteiger charge is 2.08. The second-order valence-electron chi connectivity index (χ2n) is 4.15. The lowest BCUT2D eigenvalue weighted by Gasteiger charge is -2.15. The second-order valence-corrected chi connectivity index (χ2v) is 5.41. The first-order valence-electron chi connectivity index (χ1n) is 5.78. The molecule has 0 aliphatic rings. The number of methoxy groups -OCH3 is 1. The molecule has 0 saturated heterocycles. The van der Waals surface area contributed by atoms with Gasteiger partial charge in [-0.25, -0.2) is 9.97 Å². The molecular weight excluding hydrogens is 270 g/mol. The van der Waals surface area contributed by atoms with Gasteiger partial charge in [-0.05, 0) is 24.9 Å². The molecule has 2 rings (SSSR count). The molecule has 0 unspecified atom stereocenters. The Labute approximate surface area is 116 Å². The number of ether oxygens (including phenoxy) is 1. The quantitative estimate of drug-likeness (QED) is 0.604. The van der Waals surface area contributed by atoms with Crippen LogP contribution in [0.15, 0.2) is 11.4 Å². The maximum Gasteiger partial charge on any atom is 0.145 e. The van der Waals surface area contributed by atoms with E-state index in [1.807, 2.05) is 18.5 Å². The van der Waals surface area contributed by atoms with Crippen LogP contribution in [0.5, 0.6) is 0 Å². The summed E-state index contributed by atoms with van der Waals surface area (Å²) in [6.45, 7) is 2.44. The molecule has 2 aromatic rings. The zero-order valence-electron chi connectivity index (χ0n) is 10.5. The summed E-state index contributed by atoms with van der Waals surface area (Å²) < 4.78 is 5.03. The molecule has 4 nitrogen and oxygen atoms in total. The van der Waals surface area contributed by atoms with Crippen molar-refractivity contribution in [1.29, 1.82) is 0 Å². The Morgan fingerprint density at radius 1 is 1.44 bits per heavy atom. The number of fused-ring (bicyclic) bond motifs is 1. The van der Waals surface area contributed by atoms with E-state index in [2.05, 4.69) is 14.9 Å². The Bertz CT molecular complexity index is 517. The van der Waals surface area contributed by atoms with Gasteiger partial charge >= 0.3 is 0 Å². The highest BCUT2D eigenvalue weighted by Crippen LogP contribution is 2.24. The van der Waals surface area contributed by atoms with E-state index in [4.69, 9.17) is 16.3 Å². The van der Waals surface area contributed by atoms with Gasteiger partial charge in [-0.1, -0.05) is 11.6 Å². The fourth-order valence-electron chi connectivity index (χ4n) is 1.73. The molecule has 0 radical (unpaired) electrons. The zero-order chi connectivity index (χ0) is 13.0. The van der Waals surface area contributed by atoms with Crippen LogP contribution >= 0.6 is 22.9 Å². The lowest BCUT2D eigenvalue weighted by Crippen LogP contribution is -2.21. The molecule has 0 N–H and O–H groups in total. The van der Waals surface area contributed by atoms with Gasteiger partial charge in [0.2, 0.25) is 0 Å². The molecule has 2 heterocycles. The average Bonchev–Trinajstić information content (AvgIpc) is 2.78. The minimum absolute atomic E-state index is 0.543. The fraction of sp³-hybridized carbons (Fsp3) is 0.500. The first-order chi connectivity index (χ1) is 8.70. The van der Waals surface area contributed by atoms with Gasteiger partial charge in [0.25, 0.3) is 0 Å². The Hall–Kier alpha value is -0.750.